The summed E-state index contributed by atoms with van der Waals surface area (Å²) in [6.07, 6.45) is -5.20. The molecule has 6 unspecified atom stereocenters. The van der Waals surface area contributed by atoms with Crippen LogP contribution in [0.15, 0.2) is 11.6 Å². The fraction of sp³-hybridized carbons (Fsp3) is 0.769. The van der Waals surface area contributed by atoms with E-state index in [1.165, 1.54) is 0 Å². The molecule has 0 aromatic rings. The van der Waals surface area contributed by atoms with Gasteiger partial charge in [-0.3, -0.25) is 0 Å². The molecule has 8 nitrogen and oxygen atoms in total. The molecule has 0 amide bonds. The Morgan fingerprint density at radius 3 is 1.81 bits per heavy atom. The molecule has 122 valence electrons. The molecular formula is C13H22O8. The van der Waals surface area contributed by atoms with E-state index in [9.17, 15) is 35.4 Å². The van der Waals surface area contributed by atoms with Crippen LogP contribution >= 0.6 is 0 Å². The van der Waals surface area contributed by atoms with Crippen molar-refractivity contribution in [3.63, 3.8) is 0 Å². The minimum Gasteiger partial charge on any atom is -0.478 e. The molecule has 8 heteroatoms. The average Bonchev–Trinajstić information content (AvgIpc) is 2.34. The molecular weight excluding hydrogens is 284 g/mol. The maximum atomic E-state index is 11.2. The number of carbonyl (C=O) groups is 1. The number of aliphatic hydroxyl groups excluding tert-OH is 3. The van der Waals surface area contributed by atoms with Crippen LogP contribution in [0.5, 0.6) is 0 Å². The number of hydrogen-bond donors (Lipinski definition) is 7. The normalized spacial score (nSPS) is 41.1. The van der Waals surface area contributed by atoms with Crippen molar-refractivity contribution in [3.8, 4) is 0 Å². The topological polar surface area (TPSA) is 159 Å². The van der Waals surface area contributed by atoms with E-state index < -0.39 is 53.1 Å². The van der Waals surface area contributed by atoms with Crippen molar-refractivity contribution < 1.29 is 40.5 Å². The fourth-order valence-corrected chi connectivity index (χ4v) is 2.94. The summed E-state index contributed by atoms with van der Waals surface area (Å²) < 4.78 is 0. The number of aliphatic carboxylic acids is 1. The molecule has 1 aliphatic carbocycles. The van der Waals surface area contributed by atoms with Gasteiger partial charge < -0.3 is 35.7 Å². The van der Waals surface area contributed by atoms with Crippen LogP contribution in [-0.4, -0.2) is 76.8 Å². The Morgan fingerprint density at radius 2 is 1.52 bits per heavy atom. The Hall–Kier alpha value is -1.03. The zero-order valence-corrected chi connectivity index (χ0v) is 12.1. The van der Waals surface area contributed by atoms with Crippen LogP contribution in [-0.2, 0) is 4.79 Å². The van der Waals surface area contributed by atoms with Gasteiger partial charge in [-0.2, -0.15) is 0 Å². The van der Waals surface area contributed by atoms with E-state index >= 15 is 0 Å². The highest BCUT2D eigenvalue weighted by molar-refractivity contribution is 5.87. The molecule has 0 fully saturated rings. The summed E-state index contributed by atoms with van der Waals surface area (Å²) in [4.78, 5) is 11.2. The van der Waals surface area contributed by atoms with Crippen LogP contribution in [0.4, 0.5) is 0 Å². The minimum absolute atomic E-state index is 0.493. The first kappa shape index (κ1) is 18.0. The maximum absolute atomic E-state index is 11.2. The molecule has 0 aromatic heterocycles. The Bertz CT molecular complexity index is 457. The van der Waals surface area contributed by atoms with Crippen LogP contribution in [0.2, 0.25) is 0 Å². The van der Waals surface area contributed by atoms with E-state index in [0.29, 0.717) is 6.08 Å². The van der Waals surface area contributed by atoms with Gasteiger partial charge in [-0.1, -0.05) is 0 Å². The van der Waals surface area contributed by atoms with Crippen LogP contribution in [0, 0.1) is 0 Å². The summed E-state index contributed by atoms with van der Waals surface area (Å²) in [7, 11) is 0. The van der Waals surface area contributed by atoms with E-state index in [-0.39, 0.29) is 0 Å². The number of carboxylic acids is 1. The molecule has 0 saturated heterocycles. The summed E-state index contributed by atoms with van der Waals surface area (Å²) in [6.45, 7) is 3.21. The van der Waals surface area contributed by atoms with Gasteiger partial charge in [0.1, 0.15) is 11.2 Å². The van der Waals surface area contributed by atoms with Gasteiger partial charge in [-0.05, 0) is 26.8 Å². The second-order valence-electron chi connectivity index (χ2n) is 5.70. The molecule has 1 aliphatic rings. The average molecular weight is 306 g/mol. The third kappa shape index (κ3) is 2.28. The van der Waals surface area contributed by atoms with Crippen molar-refractivity contribution >= 4 is 5.97 Å². The van der Waals surface area contributed by atoms with Gasteiger partial charge >= 0.3 is 5.97 Å². The third-order valence-corrected chi connectivity index (χ3v) is 4.33. The first-order valence-electron chi connectivity index (χ1n) is 6.51. The van der Waals surface area contributed by atoms with Crippen molar-refractivity contribution in [3.05, 3.63) is 11.6 Å². The molecule has 6 atom stereocenters. The molecule has 1 rings (SSSR count). The Kier molecular flexibility index (Phi) is 4.56. The Morgan fingerprint density at radius 1 is 1.05 bits per heavy atom. The van der Waals surface area contributed by atoms with Gasteiger partial charge in [0.05, 0.1) is 18.3 Å². The first-order valence-corrected chi connectivity index (χ1v) is 6.51. The molecule has 0 saturated carbocycles. The van der Waals surface area contributed by atoms with Gasteiger partial charge in [0.25, 0.3) is 0 Å². The molecule has 0 aromatic carbocycles. The smallest absolute Gasteiger partial charge is 0.331 e. The first-order chi connectivity index (χ1) is 9.34. The standard InChI is InChI=1S/C13H22O8/c1-6(14)11(19)4-9(10(17)18)5-12(20,7(2)15)13(11,21)8(3)16/h4,6-8,14-16,19-21H,5H2,1-3H3,(H,17,18). The zero-order valence-electron chi connectivity index (χ0n) is 12.1. The third-order valence-electron chi connectivity index (χ3n) is 4.33. The lowest BCUT2D eigenvalue weighted by molar-refractivity contribution is -0.309. The molecule has 0 heterocycles. The van der Waals surface area contributed by atoms with Crippen molar-refractivity contribution in [1.29, 1.82) is 0 Å². The molecule has 0 aliphatic heterocycles. The van der Waals surface area contributed by atoms with Gasteiger partial charge in [-0.15, -0.1) is 0 Å². The largest absolute Gasteiger partial charge is 0.478 e. The lowest BCUT2D eigenvalue weighted by atomic mass is 9.58. The van der Waals surface area contributed by atoms with Crippen molar-refractivity contribution in [2.75, 3.05) is 0 Å². The van der Waals surface area contributed by atoms with Gasteiger partial charge in [-0.25, -0.2) is 4.79 Å². The summed E-state index contributed by atoms with van der Waals surface area (Å²) >= 11 is 0. The van der Waals surface area contributed by atoms with E-state index in [2.05, 4.69) is 0 Å². The van der Waals surface area contributed by atoms with Gasteiger partial charge in [0.15, 0.2) is 5.60 Å². The van der Waals surface area contributed by atoms with Crippen molar-refractivity contribution in [1.82, 2.24) is 0 Å². The van der Waals surface area contributed by atoms with Crippen LogP contribution in [0.25, 0.3) is 0 Å². The van der Waals surface area contributed by atoms with Crippen LogP contribution in [0.3, 0.4) is 0 Å². The number of aliphatic hydroxyl groups is 6. The number of carboxylic acid groups (broad SMARTS) is 1. The minimum atomic E-state index is -2.78. The van der Waals surface area contributed by atoms with Crippen LogP contribution in [0.1, 0.15) is 27.2 Å². The Labute approximate surface area is 121 Å². The zero-order chi connectivity index (χ0) is 16.8. The molecule has 0 spiro atoms. The SMILES string of the molecule is CC(O)C1(O)C=C(C(=O)O)CC(O)(C(C)O)C1(O)C(C)O. The monoisotopic (exact) mass is 306 g/mol. The Balaban J connectivity index is 3.71. The summed E-state index contributed by atoms with van der Waals surface area (Å²) in [6, 6.07) is 0. The summed E-state index contributed by atoms with van der Waals surface area (Å²) in [5.41, 5.74) is -8.51. The molecule has 0 bridgehead atoms. The second kappa shape index (κ2) is 5.31. The van der Waals surface area contributed by atoms with E-state index in [1.807, 2.05) is 0 Å². The van der Waals surface area contributed by atoms with E-state index in [1.54, 1.807) is 0 Å². The summed E-state index contributed by atoms with van der Waals surface area (Å²) in [5, 5.41) is 70.4. The molecule has 0 radical (unpaired) electrons. The van der Waals surface area contributed by atoms with Crippen molar-refractivity contribution in [2.24, 2.45) is 0 Å². The maximum Gasteiger partial charge on any atom is 0.331 e. The summed E-state index contributed by atoms with van der Waals surface area (Å²) in [5.74, 6) is -1.49. The van der Waals surface area contributed by atoms with E-state index in [4.69, 9.17) is 5.11 Å². The van der Waals surface area contributed by atoms with Crippen LogP contribution < -0.4 is 0 Å². The lowest BCUT2D eigenvalue weighted by Gasteiger charge is -2.57. The predicted octanol–water partition coefficient (Wildman–Crippen LogP) is -2.26. The highest BCUT2D eigenvalue weighted by Crippen LogP contribution is 2.48. The van der Waals surface area contributed by atoms with Crippen molar-refractivity contribution in [2.45, 2.75) is 62.3 Å². The highest BCUT2D eigenvalue weighted by Gasteiger charge is 2.69. The lowest BCUT2D eigenvalue weighted by Crippen LogP contribution is -2.79. The van der Waals surface area contributed by atoms with Gasteiger partial charge in [0.2, 0.25) is 0 Å². The number of hydrogen-bond acceptors (Lipinski definition) is 7. The van der Waals surface area contributed by atoms with E-state index in [0.717, 1.165) is 20.8 Å². The molecule has 21 heavy (non-hydrogen) atoms. The molecule has 7 N–H and O–H groups in total. The highest BCUT2D eigenvalue weighted by atomic mass is 16.4. The van der Waals surface area contributed by atoms with Gasteiger partial charge in [0, 0.05) is 12.0 Å². The number of rotatable bonds is 4. The fourth-order valence-electron chi connectivity index (χ4n) is 2.94. The predicted molar refractivity (Wildman–Crippen MR) is 70.2 cm³/mol. The quantitative estimate of drug-likeness (QED) is 0.306. The second-order valence-corrected chi connectivity index (χ2v) is 5.70.